The summed E-state index contributed by atoms with van der Waals surface area (Å²) in [5.41, 5.74) is 10.1. The van der Waals surface area contributed by atoms with Gasteiger partial charge in [-0.3, -0.25) is 0 Å². The van der Waals surface area contributed by atoms with Crippen molar-refractivity contribution in [1.29, 1.82) is 0 Å². The predicted molar refractivity (Wildman–Crippen MR) is 79.1 cm³/mol. The minimum atomic E-state index is 0.117. The van der Waals surface area contributed by atoms with Crippen molar-refractivity contribution in [1.82, 2.24) is 4.90 Å². The third kappa shape index (κ3) is 4.03. The maximum absolute atomic E-state index is 9.15. The lowest BCUT2D eigenvalue weighted by Gasteiger charge is -2.19. The molecule has 0 aromatic heterocycles. The van der Waals surface area contributed by atoms with Crippen molar-refractivity contribution < 1.29 is 5.11 Å². The number of hydrogen-bond donors (Lipinski definition) is 2. The van der Waals surface area contributed by atoms with Crippen LogP contribution >= 0.6 is 0 Å². The molecule has 19 heavy (non-hydrogen) atoms. The number of hydrogen-bond acceptors (Lipinski definition) is 3. The minimum Gasteiger partial charge on any atom is -0.396 e. The number of nitrogens with two attached hydrogens (primary N) is 1. The number of aliphatic hydroxyl groups excluding tert-OH is 1. The molecule has 1 aromatic carbocycles. The lowest BCUT2D eigenvalue weighted by molar-refractivity contribution is 0.220. The van der Waals surface area contributed by atoms with Gasteiger partial charge in [-0.15, -0.1) is 0 Å². The van der Waals surface area contributed by atoms with Crippen LogP contribution in [0.15, 0.2) is 18.2 Å². The van der Waals surface area contributed by atoms with Crippen LogP contribution in [0.2, 0.25) is 0 Å². The van der Waals surface area contributed by atoms with Crippen LogP contribution < -0.4 is 5.73 Å². The van der Waals surface area contributed by atoms with Gasteiger partial charge in [0.05, 0.1) is 0 Å². The lowest BCUT2D eigenvalue weighted by Crippen LogP contribution is -2.26. The standard InChI is InChI=1S/C16H26N2O/c1-12-7-13(2)9-15(8-12)16(17)4-6-18-5-3-14(10-18)11-19/h7-9,14,16,19H,3-6,10-11,17H2,1-2H3. The van der Waals surface area contributed by atoms with Gasteiger partial charge in [0.1, 0.15) is 0 Å². The van der Waals surface area contributed by atoms with Crippen LogP contribution in [0.25, 0.3) is 0 Å². The van der Waals surface area contributed by atoms with E-state index in [0.717, 1.165) is 32.5 Å². The van der Waals surface area contributed by atoms with Gasteiger partial charge in [-0.1, -0.05) is 29.3 Å². The molecule has 3 nitrogen and oxygen atoms in total. The van der Waals surface area contributed by atoms with E-state index in [1.165, 1.54) is 16.7 Å². The van der Waals surface area contributed by atoms with Gasteiger partial charge < -0.3 is 15.7 Å². The second-order valence-electron chi connectivity index (χ2n) is 5.95. The van der Waals surface area contributed by atoms with E-state index in [0.29, 0.717) is 12.5 Å². The Bertz CT molecular complexity index is 399. The molecule has 3 N–H and O–H groups in total. The topological polar surface area (TPSA) is 49.5 Å². The molecule has 0 spiro atoms. The Morgan fingerprint density at radius 2 is 2.00 bits per heavy atom. The molecule has 1 saturated heterocycles. The molecule has 2 atom stereocenters. The summed E-state index contributed by atoms with van der Waals surface area (Å²) in [6.45, 7) is 7.72. The number of aliphatic hydroxyl groups is 1. The Morgan fingerprint density at radius 3 is 2.58 bits per heavy atom. The van der Waals surface area contributed by atoms with Gasteiger partial charge in [0.15, 0.2) is 0 Å². The van der Waals surface area contributed by atoms with E-state index >= 15 is 0 Å². The van der Waals surface area contributed by atoms with E-state index in [4.69, 9.17) is 10.8 Å². The minimum absolute atomic E-state index is 0.117. The first-order valence-electron chi connectivity index (χ1n) is 7.25. The summed E-state index contributed by atoms with van der Waals surface area (Å²) in [5, 5.41) is 9.15. The Labute approximate surface area is 116 Å². The van der Waals surface area contributed by atoms with Crippen molar-refractivity contribution in [2.75, 3.05) is 26.2 Å². The first-order chi connectivity index (χ1) is 9.08. The fourth-order valence-corrected chi connectivity index (χ4v) is 2.98. The summed E-state index contributed by atoms with van der Waals surface area (Å²) in [5.74, 6) is 0.470. The summed E-state index contributed by atoms with van der Waals surface area (Å²) < 4.78 is 0. The van der Waals surface area contributed by atoms with Crippen LogP contribution in [0.4, 0.5) is 0 Å². The van der Waals surface area contributed by atoms with Gasteiger partial charge in [0, 0.05) is 19.2 Å². The molecule has 3 heteroatoms. The highest BCUT2D eigenvalue weighted by Crippen LogP contribution is 2.20. The van der Waals surface area contributed by atoms with Crippen molar-refractivity contribution in [3.05, 3.63) is 34.9 Å². The lowest BCUT2D eigenvalue weighted by atomic mass is 10.00. The molecule has 0 saturated carbocycles. The Balaban J connectivity index is 1.85. The molecular weight excluding hydrogens is 236 g/mol. The second-order valence-corrected chi connectivity index (χ2v) is 5.95. The molecule has 1 aromatic rings. The molecule has 0 aliphatic carbocycles. The monoisotopic (exact) mass is 262 g/mol. The molecule has 106 valence electrons. The normalized spacial score (nSPS) is 21.8. The van der Waals surface area contributed by atoms with Gasteiger partial charge >= 0.3 is 0 Å². The zero-order chi connectivity index (χ0) is 13.8. The number of rotatable bonds is 5. The largest absolute Gasteiger partial charge is 0.396 e. The van der Waals surface area contributed by atoms with E-state index in [-0.39, 0.29) is 6.04 Å². The summed E-state index contributed by atoms with van der Waals surface area (Å²) in [4.78, 5) is 2.42. The third-order valence-corrected chi connectivity index (χ3v) is 4.06. The van der Waals surface area contributed by atoms with Crippen LogP contribution in [0.1, 0.15) is 35.6 Å². The highest BCUT2D eigenvalue weighted by atomic mass is 16.3. The summed E-state index contributed by atoms with van der Waals surface area (Å²) in [7, 11) is 0. The second kappa shape index (κ2) is 6.51. The first kappa shape index (κ1) is 14.5. The first-order valence-corrected chi connectivity index (χ1v) is 7.25. The van der Waals surface area contributed by atoms with Crippen LogP contribution in [0.3, 0.4) is 0 Å². The fraction of sp³-hybridized carbons (Fsp3) is 0.625. The zero-order valence-electron chi connectivity index (χ0n) is 12.1. The number of likely N-dealkylation sites (tertiary alicyclic amines) is 1. The highest BCUT2D eigenvalue weighted by Gasteiger charge is 2.21. The van der Waals surface area contributed by atoms with Crippen molar-refractivity contribution in [3.8, 4) is 0 Å². The average molecular weight is 262 g/mol. The number of nitrogens with zero attached hydrogens (tertiary/aromatic N) is 1. The Morgan fingerprint density at radius 1 is 1.32 bits per heavy atom. The number of aryl methyl sites for hydroxylation is 2. The van der Waals surface area contributed by atoms with Crippen molar-refractivity contribution in [2.45, 2.75) is 32.7 Å². The van der Waals surface area contributed by atoms with E-state index in [1.807, 2.05) is 0 Å². The predicted octanol–water partition coefficient (Wildman–Crippen LogP) is 2.01. The summed E-state index contributed by atoms with van der Waals surface area (Å²) in [6, 6.07) is 6.69. The average Bonchev–Trinajstić information content (AvgIpc) is 2.82. The molecule has 2 rings (SSSR count). The fourth-order valence-electron chi connectivity index (χ4n) is 2.98. The maximum Gasteiger partial charge on any atom is 0.0471 e. The SMILES string of the molecule is Cc1cc(C)cc(C(N)CCN2CCC(CO)C2)c1. The molecule has 0 radical (unpaired) electrons. The quantitative estimate of drug-likeness (QED) is 0.853. The van der Waals surface area contributed by atoms with E-state index in [1.54, 1.807) is 0 Å². The molecule has 2 unspecified atom stereocenters. The van der Waals surface area contributed by atoms with Gasteiger partial charge in [-0.05, 0) is 51.3 Å². The molecular formula is C16H26N2O. The molecule has 1 aliphatic heterocycles. The van der Waals surface area contributed by atoms with E-state index in [2.05, 4.69) is 36.9 Å². The van der Waals surface area contributed by atoms with Gasteiger partial charge in [0.25, 0.3) is 0 Å². The van der Waals surface area contributed by atoms with Gasteiger partial charge in [-0.2, -0.15) is 0 Å². The summed E-state index contributed by atoms with van der Waals surface area (Å²) in [6.07, 6.45) is 2.11. The molecule has 1 aliphatic rings. The van der Waals surface area contributed by atoms with Crippen LogP contribution in [0, 0.1) is 19.8 Å². The van der Waals surface area contributed by atoms with Crippen LogP contribution in [-0.2, 0) is 0 Å². The Kier molecular flexibility index (Phi) is 4.97. The van der Waals surface area contributed by atoms with Crippen LogP contribution in [-0.4, -0.2) is 36.2 Å². The van der Waals surface area contributed by atoms with Crippen LogP contribution in [0.5, 0.6) is 0 Å². The molecule has 0 amide bonds. The van der Waals surface area contributed by atoms with E-state index in [9.17, 15) is 0 Å². The van der Waals surface area contributed by atoms with Crippen molar-refractivity contribution in [2.24, 2.45) is 11.7 Å². The van der Waals surface area contributed by atoms with E-state index < -0.39 is 0 Å². The smallest absolute Gasteiger partial charge is 0.0471 e. The van der Waals surface area contributed by atoms with Crippen molar-refractivity contribution in [3.63, 3.8) is 0 Å². The highest BCUT2D eigenvalue weighted by molar-refractivity contribution is 5.30. The Hall–Kier alpha value is -0.900. The molecule has 1 fully saturated rings. The van der Waals surface area contributed by atoms with Gasteiger partial charge in [-0.25, -0.2) is 0 Å². The third-order valence-electron chi connectivity index (χ3n) is 4.06. The summed E-state index contributed by atoms with van der Waals surface area (Å²) >= 11 is 0. The molecule has 1 heterocycles. The van der Waals surface area contributed by atoms with Gasteiger partial charge in [0.2, 0.25) is 0 Å². The zero-order valence-corrected chi connectivity index (χ0v) is 12.1. The number of benzene rings is 1. The van der Waals surface area contributed by atoms with Crippen molar-refractivity contribution >= 4 is 0 Å². The molecule has 0 bridgehead atoms. The maximum atomic E-state index is 9.15.